The lowest BCUT2D eigenvalue weighted by molar-refractivity contribution is 0.0703. The molecule has 0 atom stereocenters. The van der Waals surface area contributed by atoms with Crippen molar-refractivity contribution in [2.75, 3.05) is 13.1 Å². The number of benzene rings is 2. The summed E-state index contributed by atoms with van der Waals surface area (Å²) in [6, 6.07) is 17.9. The van der Waals surface area contributed by atoms with Crippen LogP contribution in [-0.4, -0.2) is 38.8 Å². The Morgan fingerprint density at radius 1 is 1.04 bits per heavy atom. The topological polar surface area (TPSA) is 58.4 Å². The van der Waals surface area contributed by atoms with Crippen LogP contribution in [0.1, 0.15) is 40.4 Å². The molecule has 1 fully saturated rings. The molecule has 0 saturated carbocycles. The Hall–Kier alpha value is -3.08. The van der Waals surface area contributed by atoms with Crippen molar-refractivity contribution in [3.63, 3.8) is 0 Å². The maximum atomic E-state index is 12.9. The molecule has 5 heteroatoms. The first-order valence-corrected chi connectivity index (χ1v) is 9.32. The van der Waals surface area contributed by atoms with Crippen LogP contribution in [0.3, 0.4) is 0 Å². The molecule has 0 unspecified atom stereocenters. The van der Waals surface area contributed by atoms with Crippen LogP contribution >= 0.6 is 0 Å². The Morgan fingerprint density at radius 3 is 2.41 bits per heavy atom. The highest BCUT2D eigenvalue weighted by Gasteiger charge is 2.28. The minimum absolute atomic E-state index is 0.0788. The Balaban J connectivity index is 1.47. The van der Waals surface area contributed by atoms with Gasteiger partial charge < -0.3 is 10.0 Å². The number of nitrogens with zero attached hydrogens (tertiary/aromatic N) is 3. The summed E-state index contributed by atoms with van der Waals surface area (Å²) in [5.41, 5.74) is 3.61. The summed E-state index contributed by atoms with van der Waals surface area (Å²) in [7, 11) is 0. The summed E-state index contributed by atoms with van der Waals surface area (Å²) in [5, 5.41) is 14.6. The SMILES string of the molecule is Cc1ccccc1C1CCN(C(=O)c2nn(-c3ccccc3)cc2O)CC1. The van der Waals surface area contributed by atoms with Gasteiger partial charge in [-0.05, 0) is 48.9 Å². The number of aromatic hydroxyl groups is 1. The third kappa shape index (κ3) is 3.45. The zero-order valence-electron chi connectivity index (χ0n) is 15.4. The highest BCUT2D eigenvalue weighted by Crippen LogP contribution is 2.31. The van der Waals surface area contributed by atoms with E-state index in [1.54, 1.807) is 9.58 Å². The van der Waals surface area contributed by atoms with Crippen LogP contribution in [0, 0.1) is 6.92 Å². The lowest BCUT2D eigenvalue weighted by Gasteiger charge is -2.32. The smallest absolute Gasteiger partial charge is 0.278 e. The first kappa shape index (κ1) is 17.3. The van der Waals surface area contributed by atoms with E-state index < -0.39 is 0 Å². The number of aryl methyl sites for hydroxylation is 1. The molecule has 1 amide bonds. The number of piperidine rings is 1. The molecule has 1 saturated heterocycles. The van der Waals surface area contributed by atoms with Gasteiger partial charge in [-0.3, -0.25) is 4.79 Å². The number of likely N-dealkylation sites (tertiary alicyclic amines) is 1. The van der Waals surface area contributed by atoms with Crippen LogP contribution in [0.15, 0.2) is 60.8 Å². The van der Waals surface area contributed by atoms with Crippen molar-refractivity contribution >= 4 is 5.91 Å². The molecule has 0 spiro atoms. The van der Waals surface area contributed by atoms with Crippen molar-refractivity contribution in [1.29, 1.82) is 0 Å². The van der Waals surface area contributed by atoms with E-state index in [4.69, 9.17) is 0 Å². The van der Waals surface area contributed by atoms with Crippen LogP contribution in [0.5, 0.6) is 5.75 Å². The Labute approximate surface area is 158 Å². The number of rotatable bonds is 3. The molecular formula is C22H23N3O2. The number of hydrogen-bond donors (Lipinski definition) is 1. The van der Waals surface area contributed by atoms with Crippen molar-refractivity contribution in [1.82, 2.24) is 14.7 Å². The number of para-hydroxylation sites is 1. The lowest BCUT2D eigenvalue weighted by atomic mass is 9.87. The van der Waals surface area contributed by atoms with Crippen molar-refractivity contribution in [2.24, 2.45) is 0 Å². The van der Waals surface area contributed by atoms with E-state index in [1.807, 2.05) is 30.3 Å². The summed E-state index contributed by atoms with van der Waals surface area (Å²) in [4.78, 5) is 14.7. The summed E-state index contributed by atoms with van der Waals surface area (Å²) in [6.45, 7) is 3.49. The maximum absolute atomic E-state index is 12.9. The van der Waals surface area contributed by atoms with Crippen LogP contribution in [0.25, 0.3) is 5.69 Å². The minimum Gasteiger partial charge on any atom is -0.504 e. The molecule has 3 aromatic rings. The van der Waals surface area contributed by atoms with Crippen LogP contribution in [0.2, 0.25) is 0 Å². The molecule has 1 aliphatic rings. The van der Waals surface area contributed by atoms with Gasteiger partial charge in [0.15, 0.2) is 11.4 Å². The van der Waals surface area contributed by atoms with Gasteiger partial charge in [0.2, 0.25) is 0 Å². The number of amides is 1. The third-order valence-electron chi connectivity index (χ3n) is 5.33. The highest BCUT2D eigenvalue weighted by molar-refractivity contribution is 5.94. The van der Waals surface area contributed by atoms with Crippen LogP contribution in [0.4, 0.5) is 0 Å². The fraction of sp³-hybridized carbons (Fsp3) is 0.273. The largest absolute Gasteiger partial charge is 0.504 e. The number of carbonyl (C=O) groups is 1. The van der Waals surface area contributed by atoms with Gasteiger partial charge in [-0.1, -0.05) is 42.5 Å². The van der Waals surface area contributed by atoms with Crippen molar-refractivity contribution in [2.45, 2.75) is 25.7 Å². The van der Waals surface area contributed by atoms with Gasteiger partial charge in [0.1, 0.15) is 0 Å². The molecule has 2 aromatic carbocycles. The molecule has 1 aromatic heterocycles. The summed E-state index contributed by atoms with van der Waals surface area (Å²) < 4.78 is 1.54. The zero-order chi connectivity index (χ0) is 18.8. The first-order valence-electron chi connectivity index (χ1n) is 9.32. The quantitative estimate of drug-likeness (QED) is 0.769. The zero-order valence-corrected chi connectivity index (χ0v) is 15.4. The van der Waals surface area contributed by atoms with Gasteiger partial charge in [-0.15, -0.1) is 0 Å². The Kier molecular flexibility index (Phi) is 4.67. The molecule has 1 aliphatic heterocycles. The van der Waals surface area contributed by atoms with E-state index in [-0.39, 0.29) is 17.4 Å². The normalized spacial score (nSPS) is 15.1. The van der Waals surface area contributed by atoms with Crippen LogP contribution in [-0.2, 0) is 0 Å². The van der Waals surface area contributed by atoms with Gasteiger partial charge in [0.25, 0.3) is 5.91 Å². The van der Waals surface area contributed by atoms with E-state index >= 15 is 0 Å². The van der Waals surface area contributed by atoms with Gasteiger partial charge in [-0.25, -0.2) is 4.68 Å². The molecule has 4 rings (SSSR count). The molecular weight excluding hydrogens is 338 g/mol. The van der Waals surface area contributed by atoms with Gasteiger partial charge in [0.05, 0.1) is 11.9 Å². The molecule has 0 aliphatic carbocycles. The maximum Gasteiger partial charge on any atom is 0.278 e. The van der Waals surface area contributed by atoms with E-state index in [2.05, 4.69) is 36.3 Å². The van der Waals surface area contributed by atoms with Gasteiger partial charge in [0, 0.05) is 13.1 Å². The Morgan fingerprint density at radius 2 is 1.70 bits per heavy atom. The fourth-order valence-corrected chi connectivity index (χ4v) is 3.82. The van der Waals surface area contributed by atoms with E-state index in [0.29, 0.717) is 19.0 Å². The van der Waals surface area contributed by atoms with Crippen LogP contribution < -0.4 is 0 Å². The predicted octanol–water partition coefficient (Wildman–Crippen LogP) is 3.91. The number of hydrogen-bond acceptors (Lipinski definition) is 3. The van der Waals surface area contributed by atoms with Gasteiger partial charge >= 0.3 is 0 Å². The summed E-state index contributed by atoms with van der Waals surface area (Å²) >= 11 is 0. The summed E-state index contributed by atoms with van der Waals surface area (Å²) in [5.74, 6) is 0.195. The summed E-state index contributed by atoms with van der Waals surface area (Å²) in [6.07, 6.45) is 3.34. The van der Waals surface area contributed by atoms with E-state index in [1.165, 1.54) is 17.3 Å². The lowest BCUT2D eigenvalue weighted by Crippen LogP contribution is -2.38. The monoisotopic (exact) mass is 361 g/mol. The van der Waals surface area contributed by atoms with Crippen molar-refractivity contribution < 1.29 is 9.90 Å². The second kappa shape index (κ2) is 7.27. The molecule has 1 N–H and O–H groups in total. The predicted molar refractivity (Wildman–Crippen MR) is 104 cm³/mol. The Bertz CT molecular complexity index is 941. The second-order valence-corrected chi connectivity index (χ2v) is 7.07. The van der Waals surface area contributed by atoms with Gasteiger partial charge in [-0.2, -0.15) is 5.10 Å². The molecule has 27 heavy (non-hydrogen) atoms. The third-order valence-corrected chi connectivity index (χ3v) is 5.33. The molecule has 5 nitrogen and oxygen atoms in total. The van der Waals surface area contributed by atoms with Crippen molar-refractivity contribution in [3.8, 4) is 11.4 Å². The van der Waals surface area contributed by atoms with E-state index in [9.17, 15) is 9.90 Å². The minimum atomic E-state index is -0.203. The molecule has 0 radical (unpaired) electrons. The fourth-order valence-electron chi connectivity index (χ4n) is 3.82. The molecule has 0 bridgehead atoms. The average molecular weight is 361 g/mol. The second-order valence-electron chi connectivity index (χ2n) is 7.07. The standard InChI is InChI=1S/C22H23N3O2/c1-16-7-5-6-10-19(16)17-11-13-24(14-12-17)22(27)21-20(26)15-25(23-21)18-8-3-2-4-9-18/h2-10,15,17,26H,11-14H2,1H3. The highest BCUT2D eigenvalue weighted by atomic mass is 16.3. The number of aromatic nitrogens is 2. The molecule has 2 heterocycles. The number of carbonyl (C=O) groups excluding carboxylic acids is 1. The average Bonchev–Trinajstić information content (AvgIpc) is 3.10. The first-order chi connectivity index (χ1) is 13.1. The molecule has 138 valence electrons. The van der Waals surface area contributed by atoms with Crippen molar-refractivity contribution in [3.05, 3.63) is 77.6 Å². The van der Waals surface area contributed by atoms with E-state index in [0.717, 1.165) is 18.5 Å².